The molecule has 1 aromatic heterocycles. The van der Waals surface area contributed by atoms with Crippen LogP contribution in [-0.4, -0.2) is 28.6 Å². The third-order valence-corrected chi connectivity index (χ3v) is 2.98. The van der Waals surface area contributed by atoms with Gasteiger partial charge in [0.1, 0.15) is 11.9 Å². The number of piperidine rings is 1. The van der Waals surface area contributed by atoms with Crippen molar-refractivity contribution in [3.8, 4) is 0 Å². The Morgan fingerprint density at radius 3 is 2.94 bits per heavy atom. The molecule has 0 radical (unpaired) electrons. The molecule has 1 saturated heterocycles. The first-order valence-electron chi connectivity index (χ1n) is 5.60. The maximum Gasteiger partial charge on any atom is 0.326 e. The summed E-state index contributed by atoms with van der Waals surface area (Å²) in [5.74, 6) is 0.0276. The van der Waals surface area contributed by atoms with Gasteiger partial charge in [-0.05, 0) is 37.8 Å². The summed E-state index contributed by atoms with van der Waals surface area (Å²) in [6.07, 6.45) is 4.52. The Labute approximate surface area is 94.9 Å². The summed E-state index contributed by atoms with van der Waals surface area (Å²) in [6.45, 7) is 2.76. The van der Waals surface area contributed by atoms with Crippen molar-refractivity contribution in [2.45, 2.75) is 32.2 Å². The molecule has 0 amide bonds. The van der Waals surface area contributed by atoms with Gasteiger partial charge in [0.15, 0.2) is 0 Å². The van der Waals surface area contributed by atoms with Gasteiger partial charge in [0, 0.05) is 12.7 Å². The Morgan fingerprint density at radius 1 is 1.50 bits per heavy atom. The first kappa shape index (κ1) is 10.9. The van der Waals surface area contributed by atoms with Gasteiger partial charge in [0.25, 0.3) is 0 Å². The van der Waals surface area contributed by atoms with Crippen LogP contribution in [0.3, 0.4) is 0 Å². The SMILES string of the molecule is Cc1ccc(N2CCCC[C@H]2C(=O)O)nc1. The second-order valence-electron chi connectivity index (χ2n) is 4.24. The van der Waals surface area contributed by atoms with Crippen LogP contribution in [-0.2, 0) is 4.79 Å². The number of pyridine rings is 1. The van der Waals surface area contributed by atoms with Crippen molar-refractivity contribution in [1.82, 2.24) is 4.98 Å². The molecule has 1 N–H and O–H groups in total. The van der Waals surface area contributed by atoms with Crippen molar-refractivity contribution in [2.24, 2.45) is 0 Å². The zero-order chi connectivity index (χ0) is 11.5. The third kappa shape index (κ3) is 2.15. The summed E-state index contributed by atoms with van der Waals surface area (Å²) in [7, 11) is 0. The minimum atomic E-state index is -0.748. The molecular weight excluding hydrogens is 204 g/mol. The van der Waals surface area contributed by atoms with Gasteiger partial charge in [-0.3, -0.25) is 0 Å². The zero-order valence-electron chi connectivity index (χ0n) is 9.39. The van der Waals surface area contributed by atoms with Gasteiger partial charge in [-0.25, -0.2) is 9.78 Å². The number of nitrogens with zero attached hydrogens (tertiary/aromatic N) is 2. The fraction of sp³-hybridized carbons (Fsp3) is 0.500. The number of rotatable bonds is 2. The molecule has 0 spiro atoms. The highest BCUT2D eigenvalue weighted by Gasteiger charge is 2.28. The molecule has 1 aliphatic heterocycles. The Balaban J connectivity index is 2.23. The number of aryl methyl sites for hydroxylation is 1. The Bertz CT molecular complexity index is 375. The lowest BCUT2D eigenvalue weighted by Gasteiger charge is -2.33. The quantitative estimate of drug-likeness (QED) is 0.826. The van der Waals surface area contributed by atoms with Crippen molar-refractivity contribution >= 4 is 11.8 Å². The van der Waals surface area contributed by atoms with E-state index in [1.54, 1.807) is 6.20 Å². The molecule has 0 aliphatic carbocycles. The summed E-state index contributed by atoms with van der Waals surface area (Å²) in [5.41, 5.74) is 1.09. The van der Waals surface area contributed by atoms with Crippen molar-refractivity contribution in [3.63, 3.8) is 0 Å². The summed E-state index contributed by atoms with van der Waals surface area (Å²) in [4.78, 5) is 17.3. The molecule has 86 valence electrons. The number of aliphatic carboxylic acids is 1. The van der Waals surface area contributed by atoms with Crippen molar-refractivity contribution in [2.75, 3.05) is 11.4 Å². The number of carboxylic acids is 1. The second kappa shape index (κ2) is 4.51. The predicted octanol–water partition coefficient (Wildman–Crippen LogP) is 1.83. The van der Waals surface area contributed by atoms with Crippen LogP contribution in [0, 0.1) is 6.92 Å². The number of hydrogen-bond donors (Lipinski definition) is 1. The van der Waals surface area contributed by atoms with Gasteiger partial charge in [-0.15, -0.1) is 0 Å². The topological polar surface area (TPSA) is 53.4 Å². The molecule has 4 heteroatoms. The molecule has 0 saturated carbocycles. The average Bonchev–Trinajstić information content (AvgIpc) is 2.30. The maximum atomic E-state index is 11.1. The molecule has 1 atom stereocenters. The minimum absolute atomic E-state index is 0.413. The highest BCUT2D eigenvalue weighted by atomic mass is 16.4. The molecule has 16 heavy (non-hydrogen) atoms. The summed E-state index contributed by atoms with van der Waals surface area (Å²) in [6, 6.07) is 3.45. The van der Waals surface area contributed by atoms with Gasteiger partial charge >= 0.3 is 5.97 Å². The molecule has 1 aliphatic rings. The highest BCUT2D eigenvalue weighted by molar-refractivity contribution is 5.77. The smallest absolute Gasteiger partial charge is 0.326 e. The number of aromatic nitrogens is 1. The van der Waals surface area contributed by atoms with Gasteiger partial charge < -0.3 is 10.0 Å². The third-order valence-electron chi connectivity index (χ3n) is 2.98. The molecule has 0 unspecified atom stereocenters. The van der Waals surface area contributed by atoms with Crippen molar-refractivity contribution in [1.29, 1.82) is 0 Å². The molecule has 2 heterocycles. The number of hydrogen-bond acceptors (Lipinski definition) is 3. The van der Waals surface area contributed by atoms with Gasteiger partial charge in [0.05, 0.1) is 0 Å². The summed E-state index contributed by atoms with van der Waals surface area (Å²) >= 11 is 0. The predicted molar refractivity (Wildman–Crippen MR) is 61.6 cm³/mol. The first-order valence-corrected chi connectivity index (χ1v) is 5.60. The maximum absolute atomic E-state index is 11.1. The van der Waals surface area contributed by atoms with Crippen LogP contribution < -0.4 is 4.90 Å². The van der Waals surface area contributed by atoms with Crippen LogP contribution in [0.1, 0.15) is 24.8 Å². The van der Waals surface area contributed by atoms with E-state index in [0.717, 1.165) is 30.8 Å². The van der Waals surface area contributed by atoms with Crippen molar-refractivity contribution in [3.05, 3.63) is 23.9 Å². The lowest BCUT2D eigenvalue weighted by atomic mass is 10.0. The average molecular weight is 220 g/mol. The van der Waals surface area contributed by atoms with E-state index in [0.29, 0.717) is 6.42 Å². The fourth-order valence-electron chi connectivity index (χ4n) is 2.09. The van der Waals surface area contributed by atoms with E-state index in [2.05, 4.69) is 4.98 Å². The van der Waals surface area contributed by atoms with Gasteiger partial charge in [-0.1, -0.05) is 6.07 Å². The minimum Gasteiger partial charge on any atom is -0.480 e. The van der Waals surface area contributed by atoms with Crippen LogP contribution in [0.25, 0.3) is 0 Å². The summed E-state index contributed by atoms with van der Waals surface area (Å²) in [5, 5.41) is 9.16. The molecule has 0 bridgehead atoms. The Morgan fingerprint density at radius 2 is 2.31 bits per heavy atom. The van der Waals surface area contributed by atoms with Crippen LogP contribution in [0.5, 0.6) is 0 Å². The standard InChI is InChI=1S/C12H16N2O2/c1-9-5-6-11(13-8-9)14-7-3-2-4-10(14)12(15)16/h5-6,8,10H,2-4,7H2,1H3,(H,15,16)/t10-/m0/s1. The van der Waals surface area contributed by atoms with Crippen LogP contribution in [0.4, 0.5) is 5.82 Å². The zero-order valence-corrected chi connectivity index (χ0v) is 9.39. The fourth-order valence-corrected chi connectivity index (χ4v) is 2.09. The molecular formula is C12H16N2O2. The normalized spacial score (nSPS) is 20.8. The molecule has 1 fully saturated rings. The number of carbonyl (C=O) groups is 1. The Kier molecular flexibility index (Phi) is 3.08. The first-order chi connectivity index (χ1) is 7.68. The lowest BCUT2D eigenvalue weighted by Crippen LogP contribution is -2.45. The van der Waals surface area contributed by atoms with E-state index in [1.807, 2.05) is 24.0 Å². The van der Waals surface area contributed by atoms with Crippen LogP contribution >= 0.6 is 0 Å². The molecule has 4 nitrogen and oxygen atoms in total. The highest BCUT2D eigenvalue weighted by Crippen LogP contribution is 2.23. The van der Waals surface area contributed by atoms with E-state index < -0.39 is 12.0 Å². The van der Waals surface area contributed by atoms with E-state index in [1.165, 1.54) is 0 Å². The molecule has 1 aromatic rings. The van der Waals surface area contributed by atoms with Crippen LogP contribution in [0.2, 0.25) is 0 Å². The van der Waals surface area contributed by atoms with E-state index in [-0.39, 0.29) is 0 Å². The van der Waals surface area contributed by atoms with Crippen molar-refractivity contribution < 1.29 is 9.90 Å². The van der Waals surface area contributed by atoms with Crippen LogP contribution in [0.15, 0.2) is 18.3 Å². The monoisotopic (exact) mass is 220 g/mol. The van der Waals surface area contributed by atoms with Gasteiger partial charge in [0.2, 0.25) is 0 Å². The number of carboxylic acid groups (broad SMARTS) is 1. The van der Waals surface area contributed by atoms with E-state index >= 15 is 0 Å². The molecule has 0 aromatic carbocycles. The van der Waals surface area contributed by atoms with E-state index in [4.69, 9.17) is 5.11 Å². The second-order valence-corrected chi connectivity index (χ2v) is 4.24. The largest absolute Gasteiger partial charge is 0.480 e. The molecule has 2 rings (SSSR count). The Hall–Kier alpha value is -1.58. The number of anilines is 1. The van der Waals surface area contributed by atoms with Gasteiger partial charge in [-0.2, -0.15) is 0 Å². The van der Waals surface area contributed by atoms with E-state index in [9.17, 15) is 4.79 Å². The lowest BCUT2D eigenvalue weighted by molar-refractivity contribution is -0.139. The summed E-state index contributed by atoms with van der Waals surface area (Å²) < 4.78 is 0.